The fraction of sp³-hybridized carbons (Fsp3) is 0.333. The van der Waals surface area contributed by atoms with Crippen molar-refractivity contribution in [2.24, 2.45) is 0 Å². The molecule has 1 N–H and O–H groups in total. The number of hydrogen-bond donors (Lipinski definition) is 1. The van der Waals surface area contributed by atoms with Gasteiger partial charge in [0.15, 0.2) is 0 Å². The summed E-state index contributed by atoms with van der Waals surface area (Å²) in [5, 5.41) is 4.13. The molecule has 2 heterocycles. The Morgan fingerprint density at radius 2 is 1.97 bits per heavy atom. The zero-order valence-electron chi connectivity index (χ0n) is 17.6. The van der Waals surface area contributed by atoms with Crippen molar-refractivity contribution in [1.82, 2.24) is 19.8 Å². The Labute approximate surface area is 173 Å². The highest BCUT2D eigenvalue weighted by molar-refractivity contribution is 5.97. The Bertz CT molecular complexity index is 973. The summed E-state index contributed by atoms with van der Waals surface area (Å²) in [6.07, 6.45) is 7.16. The summed E-state index contributed by atoms with van der Waals surface area (Å²) >= 11 is 0. The molecule has 0 aliphatic rings. The normalized spacial score (nSPS) is 11.6. The maximum Gasteiger partial charge on any atom is 0.244 e. The summed E-state index contributed by atoms with van der Waals surface area (Å²) in [7, 11) is 4.20. The van der Waals surface area contributed by atoms with Crippen LogP contribution < -0.4 is 5.32 Å². The van der Waals surface area contributed by atoms with Crippen molar-refractivity contribution in [1.29, 1.82) is 0 Å². The van der Waals surface area contributed by atoms with E-state index in [4.69, 9.17) is 0 Å². The van der Waals surface area contributed by atoms with Crippen LogP contribution in [-0.2, 0) is 17.8 Å². The van der Waals surface area contributed by atoms with E-state index < -0.39 is 0 Å². The maximum atomic E-state index is 12.3. The van der Waals surface area contributed by atoms with Crippen molar-refractivity contribution in [2.75, 3.05) is 27.2 Å². The third kappa shape index (κ3) is 5.55. The summed E-state index contributed by atoms with van der Waals surface area (Å²) in [5.74, 6) is -0.0789. The van der Waals surface area contributed by atoms with Gasteiger partial charge in [0.25, 0.3) is 0 Å². The number of nitrogens with zero attached hydrogens (tertiary/aromatic N) is 3. The highest BCUT2D eigenvalue weighted by Gasteiger charge is 2.12. The lowest BCUT2D eigenvalue weighted by Gasteiger charge is -2.12. The van der Waals surface area contributed by atoms with Crippen LogP contribution in [0.15, 0.2) is 54.7 Å². The molecule has 2 aromatic heterocycles. The van der Waals surface area contributed by atoms with Crippen LogP contribution in [0.2, 0.25) is 0 Å². The van der Waals surface area contributed by atoms with E-state index >= 15 is 0 Å². The number of rotatable bonds is 9. The average Bonchev–Trinajstić information content (AvgIpc) is 2.98. The van der Waals surface area contributed by atoms with Gasteiger partial charge in [0.05, 0.1) is 0 Å². The van der Waals surface area contributed by atoms with Gasteiger partial charge in [-0.15, -0.1) is 0 Å². The number of carbonyl (C=O) groups is 1. The lowest BCUT2D eigenvalue weighted by atomic mass is 10.1. The van der Waals surface area contributed by atoms with Gasteiger partial charge in [-0.3, -0.25) is 9.78 Å². The molecule has 5 heteroatoms. The standard InChI is InChI=1S/C24H30N4O/c1-19-21(12-13-24(29)26-16-14-20-9-6-7-15-25-20)22-10-4-5-11-23(22)28(19)18-8-17-27(2)3/h4-7,9-13,15H,8,14,16-18H2,1-3H3,(H,26,29). The number of nitrogens with one attached hydrogen (secondary N) is 1. The van der Waals surface area contributed by atoms with Gasteiger partial charge in [0.2, 0.25) is 5.91 Å². The van der Waals surface area contributed by atoms with Crippen LogP contribution in [0, 0.1) is 6.92 Å². The van der Waals surface area contributed by atoms with Crippen molar-refractivity contribution in [3.05, 3.63) is 71.7 Å². The highest BCUT2D eigenvalue weighted by Crippen LogP contribution is 2.27. The molecule has 3 rings (SSSR count). The molecular weight excluding hydrogens is 360 g/mol. The number of fused-ring (bicyclic) bond motifs is 1. The Balaban J connectivity index is 1.68. The van der Waals surface area contributed by atoms with E-state index in [0.717, 1.165) is 37.2 Å². The number of hydrogen-bond acceptors (Lipinski definition) is 3. The first-order chi connectivity index (χ1) is 14.1. The van der Waals surface area contributed by atoms with E-state index in [1.54, 1.807) is 12.3 Å². The Kier molecular flexibility index (Phi) is 7.19. The Hall–Kier alpha value is -2.92. The van der Waals surface area contributed by atoms with Crippen LogP contribution in [0.3, 0.4) is 0 Å². The van der Waals surface area contributed by atoms with Gasteiger partial charge in [-0.25, -0.2) is 0 Å². The molecule has 0 fully saturated rings. The summed E-state index contributed by atoms with van der Waals surface area (Å²) in [5.41, 5.74) is 4.51. The SMILES string of the molecule is Cc1c(C=CC(=O)NCCc2ccccn2)c2ccccc2n1CCCN(C)C. The van der Waals surface area contributed by atoms with E-state index in [-0.39, 0.29) is 5.91 Å². The molecular formula is C24H30N4O. The Morgan fingerprint density at radius 1 is 1.17 bits per heavy atom. The fourth-order valence-corrected chi connectivity index (χ4v) is 3.58. The predicted molar refractivity (Wildman–Crippen MR) is 120 cm³/mol. The van der Waals surface area contributed by atoms with Gasteiger partial charge >= 0.3 is 0 Å². The van der Waals surface area contributed by atoms with Gasteiger partial charge in [0.1, 0.15) is 0 Å². The van der Waals surface area contributed by atoms with Crippen molar-refractivity contribution in [3.63, 3.8) is 0 Å². The van der Waals surface area contributed by atoms with Crippen molar-refractivity contribution >= 4 is 22.9 Å². The topological polar surface area (TPSA) is 50.2 Å². The Morgan fingerprint density at radius 3 is 2.72 bits per heavy atom. The molecule has 0 spiro atoms. The van der Waals surface area contributed by atoms with Gasteiger partial charge < -0.3 is 14.8 Å². The van der Waals surface area contributed by atoms with Crippen molar-refractivity contribution < 1.29 is 4.79 Å². The zero-order valence-corrected chi connectivity index (χ0v) is 17.6. The zero-order chi connectivity index (χ0) is 20.6. The van der Waals surface area contributed by atoms with Gasteiger partial charge in [-0.1, -0.05) is 24.3 Å². The predicted octanol–water partition coefficient (Wildman–Crippen LogP) is 3.67. The minimum Gasteiger partial charge on any atom is -0.352 e. The number of aryl methyl sites for hydroxylation is 1. The molecule has 152 valence electrons. The summed E-state index contributed by atoms with van der Waals surface area (Å²) in [6, 6.07) is 14.2. The molecule has 1 aromatic carbocycles. The summed E-state index contributed by atoms with van der Waals surface area (Å²) < 4.78 is 2.36. The smallest absolute Gasteiger partial charge is 0.244 e. The fourth-order valence-electron chi connectivity index (χ4n) is 3.58. The molecule has 29 heavy (non-hydrogen) atoms. The molecule has 0 unspecified atom stereocenters. The molecule has 3 aromatic rings. The lowest BCUT2D eigenvalue weighted by Crippen LogP contribution is -2.23. The molecule has 0 atom stereocenters. The van der Waals surface area contributed by atoms with Gasteiger partial charge in [-0.2, -0.15) is 0 Å². The number of aromatic nitrogens is 2. The van der Waals surface area contributed by atoms with E-state index in [1.807, 2.05) is 24.3 Å². The van der Waals surface area contributed by atoms with E-state index in [0.29, 0.717) is 6.54 Å². The number of carbonyl (C=O) groups excluding carboxylic acids is 1. The molecule has 0 saturated heterocycles. The third-order valence-electron chi connectivity index (χ3n) is 5.07. The van der Waals surface area contributed by atoms with Crippen LogP contribution in [0.1, 0.15) is 23.4 Å². The first-order valence-corrected chi connectivity index (χ1v) is 10.1. The lowest BCUT2D eigenvalue weighted by molar-refractivity contribution is -0.116. The minimum absolute atomic E-state index is 0.0789. The number of amides is 1. The number of benzene rings is 1. The van der Waals surface area contributed by atoms with Crippen LogP contribution in [0.4, 0.5) is 0 Å². The van der Waals surface area contributed by atoms with Crippen LogP contribution in [0.5, 0.6) is 0 Å². The molecule has 5 nitrogen and oxygen atoms in total. The van der Waals surface area contributed by atoms with Crippen LogP contribution in [-0.4, -0.2) is 47.5 Å². The van der Waals surface area contributed by atoms with Crippen LogP contribution >= 0.6 is 0 Å². The molecule has 1 amide bonds. The summed E-state index contributed by atoms with van der Waals surface area (Å²) in [6.45, 7) is 4.73. The first kappa shape index (κ1) is 20.8. The largest absolute Gasteiger partial charge is 0.352 e. The second-order valence-corrected chi connectivity index (χ2v) is 7.52. The molecule has 0 saturated carbocycles. The number of para-hydroxylation sites is 1. The second kappa shape index (κ2) is 10.0. The monoisotopic (exact) mass is 390 g/mol. The van der Waals surface area contributed by atoms with Gasteiger partial charge in [-0.05, 0) is 58.3 Å². The van der Waals surface area contributed by atoms with E-state index in [2.05, 4.69) is 65.1 Å². The molecule has 0 bridgehead atoms. The number of pyridine rings is 1. The minimum atomic E-state index is -0.0789. The van der Waals surface area contributed by atoms with Crippen LogP contribution in [0.25, 0.3) is 17.0 Å². The highest BCUT2D eigenvalue weighted by atomic mass is 16.1. The van der Waals surface area contributed by atoms with Crippen molar-refractivity contribution in [2.45, 2.75) is 26.3 Å². The van der Waals surface area contributed by atoms with Crippen molar-refractivity contribution in [3.8, 4) is 0 Å². The average molecular weight is 391 g/mol. The maximum absolute atomic E-state index is 12.3. The summed E-state index contributed by atoms with van der Waals surface area (Å²) in [4.78, 5) is 18.8. The van der Waals surface area contributed by atoms with E-state index in [9.17, 15) is 4.79 Å². The van der Waals surface area contributed by atoms with Gasteiger partial charge in [0, 0.05) is 59.6 Å². The first-order valence-electron chi connectivity index (χ1n) is 10.1. The third-order valence-corrected chi connectivity index (χ3v) is 5.07. The molecule has 0 aliphatic carbocycles. The molecule has 0 radical (unpaired) electrons. The molecule has 0 aliphatic heterocycles. The quantitative estimate of drug-likeness (QED) is 0.567. The van der Waals surface area contributed by atoms with E-state index in [1.165, 1.54) is 16.6 Å². The second-order valence-electron chi connectivity index (χ2n) is 7.52.